The standard InChI is InChI=1S/C27H30N6O5/c1-18-9-14-23(38-18)26-29-31-33(30-26)17-24(35)32(16-22-8-5-15-37-22)25(19-10-12-21(34)13-11-19)27(36)28-20-6-3-2-4-7-20/h5,8-15,20,25,34H,2-4,6-7,16-17H2,1H3,(H,28,36). The Morgan fingerprint density at radius 1 is 1.13 bits per heavy atom. The summed E-state index contributed by atoms with van der Waals surface area (Å²) in [5, 5.41) is 25.3. The maximum Gasteiger partial charge on any atom is 0.247 e. The van der Waals surface area contributed by atoms with Crippen LogP contribution < -0.4 is 5.32 Å². The number of nitrogens with one attached hydrogen (secondary N) is 1. The van der Waals surface area contributed by atoms with Gasteiger partial charge in [0.1, 0.15) is 29.9 Å². The predicted octanol–water partition coefficient (Wildman–Crippen LogP) is 3.76. The van der Waals surface area contributed by atoms with E-state index in [1.807, 2.05) is 6.92 Å². The molecule has 1 unspecified atom stereocenters. The summed E-state index contributed by atoms with van der Waals surface area (Å²) in [6.45, 7) is 1.61. The van der Waals surface area contributed by atoms with Crippen molar-refractivity contribution < 1.29 is 23.5 Å². The molecular weight excluding hydrogens is 488 g/mol. The molecule has 0 aliphatic heterocycles. The smallest absolute Gasteiger partial charge is 0.247 e. The quantitative estimate of drug-likeness (QED) is 0.341. The first-order valence-corrected chi connectivity index (χ1v) is 12.7. The molecule has 3 heterocycles. The van der Waals surface area contributed by atoms with Gasteiger partial charge in [-0.25, -0.2) is 0 Å². The van der Waals surface area contributed by atoms with E-state index in [1.165, 1.54) is 28.1 Å². The molecule has 38 heavy (non-hydrogen) atoms. The van der Waals surface area contributed by atoms with Crippen LogP contribution >= 0.6 is 0 Å². The van der Waals surface area contributed by atoms with Crippen molar-refractivity contribution >= 4 is 11.8 Å². The van der Waals surface area contributed by atoms with Gasteiger partial charge in [0.05, 0.1) is 12.8 Å². The number of benzene rings is 1. The van der Waals surface area contributed by atoms with E-state index in [1.54, 1.807) is 36.4 Å². The van der Waals surface area contributed by atoms with Crippen molar-refractivity contribution in [2.75, 3.05) is 0 Å². The molecule has 1 aliphatic rings. The van der Waals surface area contributed by atoms with E-state index in [0.29, 0.717) is 22.8 Å². The van der Waals surface area contributed by atoms with Crippen LogP contribution in [-0.2, 0) is 22.7 Å². The normalized spacial score (nSPS) is 14.8. The van der Waals surface area contributed by atoms with Crippen LogP contribution in [0.15, 0.2) is 63.6 Å². The monoisotopic (exact) mass is 518 g/mol. The van der Waals surface area contributed by atoms with E-state index >= 15 is 0 Å². The van der Waals surface area contributed by atoms with Gasteiger partial charge in [-0.1, -0.05) is 31.4 Å². The lowest BCUT2D eigenvalue weighted by molar-refractivity contribution is -0.143. The molecule has 1 atom stereocenters. The van der Waals surface area contributed by atoms with Crippen LogP contribution in [0.4, 0.5) is 0 Å². The van der Waals surface area contributed by atoms with Gasteiger partial charge in [0.25, 0.3) is 0 Å². The van der Waals surface area contributed by atoms with Crippen LogP contribution in [0.5, 0.6) is 5.75 Å². The second-order valence-corrected chi connectivity index (χ2v) is 9.49. The van der Waals surface area contributed by atoms with E-state index in [2.05, 4.69) is 20.7 Å². The lowest BCUT2D eigenvalue weighted by Crippen LogP contribution is -2.47. The topological polar surface area (TPSA) is 140 Å². The predicted molar refractivity (Wildman–Crippen MR) is 135 cm³/mol. The van der Waals surface area contributed by atoms with Gasteiger partial charge in [0.15, 0.2) is 5.76 Å². The lowest BCUT2D eigenvalue weighted by atomic mass is 9.94. The fourth-order valence-electron chi connectivity index (χ4n) is 4.73. The molecule has 0 bridgehead atoms. The Morgan fingerprint density at radius 3 is 2.61 bits per heavy atom. The van der Waals surface area contributed by atoms with Crippen molar-refractivity contribution in [2.45, 2.75) is 64.2 Å². The Hall–Kier alpha value is -4.41. The zero-order valence-corrected chi connectivity index (χ0v) is 21.1. The molecule has 2 N–H and O–H groups in total. The van der Waals surface area contributed by atoms with Crippen LogP contribution in [0.2, 0.25) is 0 Å². The third-order valence-electron chi connectivity index (χ3n) is 6.64. The number of nitrogens with zero attached hydrogens (tertiary/aromatic N) is 5. The van der Waals surface area contributed by atoms with Crippen molar-refractivity contribution in [3.05, 3.63) is 71.9 Å². The highest BCUT2D eigenvalue weighted by Gasteiger charge is 2.34. The molecule has 0 saturated heterocycles. The van der Waals surface area contributed by atoms with E-state index in [4.69, 9.17) is 8.83 Å². The number of phenolic OH excluding ortho intramolecular Hbond substituents is 1. The maximum absolute atomic E-state index is 13.8. The highest BCUT2D eigenvalue weighted by molar-refractivity contribution is 5.89. The largest absolute Gasteiger partial charge is 0.508 e. The van der Waals surface area contributed by atoms with Gasteiger partial charge in [0, 0.05) is 6.04 Å². The van der Waals surface area contributed by atoms with Crippen molar-refractivity contribution in [3.8, 4) is 17.3 Å². The Labute approximate surface area is 219 Å². The summed E-state index contributed by atoms with van der Waals surface area (Å²) < 4.78 is 11.1. The number of phenols is 1. The number of aromatic nitrogens is 4. The lowest BCUT2D eigenvalue weighted by Gasteiger charge is -2.33. The molecule has 0 radical (unpaired) electrons. The second-order valence-electron chi connectivity index (χ2n) is 9.49. The summed E-state index contributed by atoms with van der Waals surface area (Å²) in [6, 6.07) is 12.4. The number of hydrogen-bond donors (Lipinski definition) is 2. The first-order valence-electron chi connectivity index (χ1n) is 12.7. The molecule has 5 rings (SSSR count). The number of aromatic hydroxyl groups is 1. The Kier molecular flexibility index (Phi) is 7.52. The van der Waals surface area contributed by atoms with Crippen molar-refractivity contribution in [3.63, 3.8) is 0 Å². The number of carbonyl (C=O) groups excluding carboxylic acids is 2. The minimum absolute atomic E-state index is 0.0488. The minimum Gasteiger partial charge on any atom is -0.508 e. The molecule has 1 aromatic carbocycles. The zero-order chi connectivity index (χ0) is 26.5. The van der Waals surface area contributed by atoms with Gasteiger partial charge in [-0.05, 0) is 66.9 Å². The number of amides is 2. The Bertz CT molecular complexity index is 1350. The van der Waals surface area contributed by atoms with Crippen molar-refractivity contribution in [1.29, 1.82) is 0 Å². The number of hydrogen-bond acceptors (Lipinski definition) is 8. The number of carbonyl (C=O) groups is 2. The molecule has 4 aromatic rings. The molecule has 11 heteroatoms. The molecule has 0 spiro atoms. The average molecular weight is 519 g/mol. The molecule has 11 nitrogen and oxygen atoms in total. The maximum atomic E-state index is 13.8. The first kappa shape index (κ1) is 25.2. The van der Waals surface area contributed by atoms with E-state index in [-0.39, 0.29) is 36.6 Å². The molecule has 1 saturated carbocycles. The van der Waals surface area contributed by atoms with E-state index in [0.717, 1.165) is 32.1 Å². The number of rotatable bonds is 9. The summed E-state index contributed by atoms with van der Waals surface area (Å²) in [4.78, 5) is 30.2. The van der Waals surface area contributed by atoms with Crippen molar-refractivity contribution in [1.82, 2.24) is 30.4 Å². The summed E-state index contributed by atoms with van der Waals surface area (Å²) in [5.41, 5.74) is 0.564. The van der Waals surface area contributed by atoms with Crippen LogP contribution in [-0.4, -0.2) is 48.1 Å². The van der Waals surface area contributed by atoms with Gasteiger partial charge >= 0.3 is 0 Å². The van der Waals surface area contributed by atoms with Crippen LogP contribution in [0.1, 0.15) is 55.2 Å². The van der Waals surface area contributed by atoms with E-state index in [9.17, 15) is 14.7 Å². The number of aryl methyl sites for hydroxylation is 1. The third kappa shape index (κ3) is 5.93. The molecule has 2 amide bonds. The first-order chi connectivity index (χ1) is 18.5. The van der Waals surface area contributed by atoms with E-state index < -0.39 is 11.9 Å². The van der Waals surface area contributed by atoms with Crippen molar-refractivity contribution in [2.24, 2.45) is 0 Å². The SMILES string of the molecule is Cc1ccc(-c2nnn(CC(=O)N(Cc3ccco3)C(C(=O)NC3CCCCC3)c3ccc(O)cc3)n2)o1. The molecule has 198 valence electrons. The molecule has 3 aromatic heterocycles. The fourth-order valence-corrected chi connectivity index (χ4v) is 4.73. The van der Waals surface area contributed by atoms with Gasteiger partial charge < -0.3 is 24.2 Å². The average Bonchev–Trinajstić information content (AvgIpc) is 3.68. The summed E-state index contributed by atoms with van der Waals surface area (Å²) >= 11 is 0. The van der Waals surface area contributed by atoms with Gasteiger partial charge in [-0.3, -0.25) is 9.59 Å². The minimum atomic E-state index is -0.967. The summed E-state index contributed by atoms with van der Waals surface area (Å²) in [6.07, 6.45) is 6.59. The van der Waals surface area contributed by atoms with Crippen LogP contribution in [0.25, 0.3) is 11.6 Å². The number of furan rings is 2. The third-order valence-corrected chi connectivity index (χ3v) is 6.64. The Morgan fingerprint density at radius 2 is 1.92 bits per heavy atom. The van der Waals surface area contributed by atoms with Gasteiger partial charge in [-0.15, -0.1) is 10.2 Å². The zero-order valence-electron chi connectivity index (χ0n) is 21.1. The fraction of sp³-hybridized carbons (Fsp3) is 0.370. The molecule has 1 fully saturated rings. The summed E-state index contributed by atoms with van der Waals surface area (Å²) in [5.74, 6) is 1.30. The van der Waals surface area contributed by atoms with Gasteiger partial charge in [-0.2, -0.15) is 4.80 Å². The second kappa shape index (κ2) is 11.3. The molecular formula is C27H30N6O5. The van der Waals surface area contributed by atoms with Gasteiger partial charge in [0.2, 0.25) is 17.6 Å². The highest BCUT2D eigenvalue weighted by Crippen LogP contribution is 2.27. The summed E-state index contributed by atoms with van der Waals surface area (Å²) in [7, 11) is 0. The number of tetrazole rings is 1. The highest BCUT2D eigenvalue weighted by atomic mass is 16.3. The van der Waals surface area contributed by atoms with Crippen LogP contribution in [0, 0.1) is 6.92 Å². The molecule has 1 aliphatic carbocycles. The van der Waals surface area contributed by atoms with Crippen LogP contribution in [0.3, 0.4) is 0 Å². The Balaban J connectivity index is 1.44.